The highest BCUT2D eigenvalue weighted by Crippen LogP contribution is 2.22. The molecule has 1 aliphatic heterocycles. The first-order valence-electron chi connectivity index (χ1n) is 5.47. The van der Waals surface area contributed by atoms with E-state index >= 15 is 0 Å². The summed E-state index contributed by atoms with van der Waals surface area (Å²) >= 11 is 3.44. The molecule has 0 aromatic heterocycles. The van der Waals surface area contributed by atoms with Crippen LogP contribution in [0, 0.1) is 5.92 Å². The lowest BCUT2D eigenvalue weighted by atomic mass is 10.1. The summed E-state index contributed by atoms with van der Waals surface area (Å²) in [6.07, 6.45) is 1.10. The van der Waals surface area contributed by atoms with Crippen molar-refractivity contribution in [3.8, 4) is 0 Å². The van der Waals surface area contributed by atoms with Gasteiger partial charge >= 0.3 is 0 Å². The molecule has 0 aromatic rings. The molecule has 0 N–H and O–H groups in total. The Morgan fingerprint density at radius 1 is 1.53 bits per heavy atom. The molecule has 15 heavy (non-hydrogen) atoms. The molecule has 0 aromatic carbocycles. The predicted molar refractivity (Wildman–Crippen MR) is 64.1 cm³/mol. The third kappa shape index (κ3) is 2.94. The van der Waals surface area contributed by atoms with Crippen LogP contribution in [-0.4, -0.2) is 41.4 Å². The van der Waals surface area contributed by atoms with E-state index in [0.717, 1.165) is 13.0 Å². The highest BCUT2D eigenvalue weighted by Gasteiger charge is 2.33. The minimum Gasteiger partial charge on any atom is -0.376 e. The molecule has 0 saturated carbocycles. The summed E-state index contributed by atoms with van der Waals surface area (Å²) in [7, 11) is 1.87. The van der Waals surface area contributed by atoms with Crippen LogP contribution in [0.5, 0.6) is 0 Å². The number of rotatable bonds is 3. The number of amides is 1. The molecule has 3 atom stereocenters. The van der Waals surface area contributed by atoms with E-state index in [1.165, 1.54) is 0 Å². The number of halogens is 1. The molecular weight excluding hydrogens is 258 g/mol. The highest BCUT2D eigenvalue weighted by molar-refractivity contribution is 9.10. The Balaban J connectivity index is 2.59. The van der Waals surface area contributed by atoms with Crippen molar-refractivity contribution in [3.63, 3.8) is 0 Å². The summed E-state index contributed by atoms with van der Waals surface area (Å²) in [5, 5.41) is 0. The number of ether oxygens (including phenoxy) is 1. The Labute approximate surface area is 100 Å². The smallest absolute Gasteiger partial charge is 0.236 e. The number of carbonyl (C=O) groups excluding carboxylic acids is 1. The Morgan fingerprint density at radius 3 is 2.53 bits per heavy atom. The molecular formula is C11H20BrNO2. The van der Waals surface area contributed by atoms with Gasteiger partial charge in [0.15, 0.2) is 0 Å². The zero-order valence-electron chi connectivity index (χ0n) is 9.87. The van der Waals surface area contributed by atoms with Crippen LogP contribution in [0.4, 0.5) is 0 Å². The molecule has 1 aliphatic rings. The second-order valence-corrected chi connectivity index (χ2v) is 5.51. The lowest BCUT2D eigenvalue weighted by molar-refractivity contribution is -0.132. The SMILES string of the molecule is CC(C)C(Br)C(=O)N(C)C1CCOC1C. The molecule has 3 unspecified atom stereocenters. The van der Waals surface area contributed by atoms with Gasteiger partial charge in [0.1, 0.15) is 0 Å². The second kappa shape index (κ2) is 5.30. The molecule has 0 radical (unpaired) electrons. The van der Waals surface area contributed by atoms with E-state index in [-0.39, 0.29) is 22.9 Å². The predicted octanol–water partition coefficient (Wildman–Crippen LogP) is 2.04. The van der Waals surface area contributed by atoms with Gasteiger partial charge in [0, 0.05) is 13.7 Å². The Kier molecular flexibility index (Phi) is 4.59. The van der Waals surface area contributed by atoms with Gasteiger partial charge in [-0.05, 0) is 19.3 Å². The third-order valence-corrected chi connectivity index (χ3v) is 4.45. The first-order valence-corrected chi connectivity index (χ1v) is 6.39. The normalized spacial score (nSPS) is 28.1. The molecule has 0 aliphatic carbocycles. The van der Waals surface area contributed by atoms with Gasteiger partial charge in [0.2, 0.25) is 5.91 Å². The van der Waals surface area contributed by atoms with Gasteiger partial charge in [0.05, 0.1) is 17.0 Å². The average Bonchev–Trinajstić information content (AvgIpc) is 2.60. The van der Waals surface area contributed by atoms with Gasteiger partial charge in [-0.15, -0.1) is 0 Å². The molecule has 1 saturated heterocycles. The van der Waals surface area contributed by atoms with Crippen LogP contribution < -0.4 is 0 Å². The first-order chi connectivity index (χ1) is 6.95. The molecule has 0 spiro atoms. The van der Waals surface area contributed by atoms with Gasteiger partial charge in [-0.3, -0.25) is 4.79 Å². The lowest BCUT2D eigenvalue weighted by Crippen LogP contribution is -2.45. The summed E-state index contributed by atoms with van der Waals surface area (Å²) in [6.45, 7) is 6.87. The molecule has 0 bridgehead atoms. The van der Waals surface area contributed by atoms with Gasteiger partial charge in [-0.2, -0.15) is 0 Å². The summed E-state index contributed by atoms with van der Waals surface area (Å²) < 4.78 is 5.47. The van der Waals surface area contributed by atoms with Crippen LogP contribution in [0.15, 0.2) is 0 Å². The summed E-state index contributed by atoms with van der Waals surface area (Å²) in [6, 6.07) is 0.233. The lowest BCUT2D eigenvalue weighted by Gasteiger charge is -2.29. The van der Waals surface area contributed by atoms with Crippen LogP contribution in [-0.2, 0) is 9.53 Å². The fraction of sp³-hybridized carbons (Fsp3) is 0.909. The molecule has 1 rings (SSSR count). The van der Waals surface area contributed by atoms with E-state index in [1.807, 2.05) is 32.7 Å². The number of alkyl halides is 1. The average molecular weight is 278 g/mol. The standard InChI is InChI=1S/C11H20BrNO2/c1-7(2)10(12)11(14)13(4)9-5-6-15-8(9)3/h7-10H,5-6H2,1-4H3. The fourth-order valence-corrected chi connectivity index (χ4v) is 2.20. The zero-order chi connectivity index (χ0) is 11.6. The van der Waals surface area contributed by atoms with Crippen LogP contribution >= 0.6 is 15.9 Å². The largest absolute Gasteiger partial charge is 0.376 e. The van der Waals surface area contributed by atoms with Crippen LogP contribution in [0.1, 0.15) is 27.2 Å². The Hall–Kier alpha value is -0.0900. The van der Waals surface area contributed by atoms with Crippen molar-refractivity contribution in [2.24, 2.45) is 5.92 Å². The first kappa shape index (κ1) is 13.0. The quantitative estimate of drug-likeness (QED) is 0.739. The van der Waals surface area contributed by atoms with Crippen molar-refractivity contribution in [2.45, 2.75) is 44.2 Å². The van der Waals surface area contributed by atoms with Crippen molar-refractivity contribution in [3.05, 3.63) is 0 Å². The van der Waals surface area contributed by atoms with Crippen molar-refractivity contribution in [1.29, 1.82) is 0 Å². The van der Waals surface area contributed by atoms with E-state index in [1.54, 1.807) is 0 Å². The molecule has 3 nitrogen and oxygen atoms in total. The highest BCUT2D eigenvalue weighted by atomic mass is 79.9. The van der Waals surface area contributed by atoms with Crippen molar-refractivity contribution < 1.29 is 9.53 Å². The van der Waals surface area contributed by atoms with Gasteiger partial charge in [0.25, 0.3) is 0 Å². The summed E-state index contributed by atoms with van der Waals surface area (Å²) in [5.41, 5.74) is 0. The van der Waals surface area contributed by atoms with Crippen LogP contribution in [0.2, 0.25) is 0 Å². The zero-order valence-corrected chi connectivity index (χ0v) is 11.5. The van der Waals surface area contributed by atoms with E-state index < -0.39 is 0 Å². The molecule has 1 heterocycles. The number of hydrogen-bond acceptors (Lipinski definition) is 2. The number of nitrogens with zero attached hydrogens (tertiary/aromatic N) is 1. The Morgan fingerprint density at radius 2 is 2.13 bits per heavy atom. The van der Waals surface area contributed by atoms with Crippen molar-refractivity contribution in [2.75, 3.05) is 13.7 Å². The topological polar surface area (TPSA) is 29.5 Å². The van der Waals surface area contributed by atoms with Crippen LogP contribution in [0.3, 0.4) is 0 Å². The summed E-state index contributed by atoms with van der Waals surface area (Å²) in [5.74, 6) is 0.477. The van der Waals surface area contributed by atoms with E-state index in [9.17, 15) is 4.79 Å². The molecule has 1 fully saturated rings. The second-order valence-electron chi connectivity index (χ2n) is 4.53. The number of likely N-dealkylation sites (N-methyl/N-ethyl adjacent to an activating group) is 1. The van der Waals surface area contributed by atoms with Gasteiger partial charge in [-0.1, -0.05) is 29.8 Å². The fourth-order valence-electron chi connectivity index (χ4n) is 1.87. The minimum atomic E-state index is -0.0877. The third-order valence-electron chi connectivity index (χ3n) is 3.00. The summed E-state index contributed by atoms with van der Waals surface area (Å²) in [4.78, 5) is 13.8. The number of carbonyl (C=O) groups is 1. The van der Waals surface area contributed by atoms with Gasteiger partial charge < -0.3 is 9.64 Å². The van der Waals surface area contributed by atoms with E-state index in [4.69, 9.17) is 4.74 Å². The van der Waals surface area contributed by atoms with E-state index in [0.29, 0.717) is 5.92 Å². The maximum absolute atomic E-state index is 12.0. The van der Waals surface area contributed by atoms with Crippen molar-refractivity contribution >= 4 is 21.8 Å². The molecule has 88 valence electrons. The van der Waals surface area contributed by atoms with Crippen LogP contribution in [0.25, 0.3) is 0 Å². The maximum Gasteiger partial charge on any atom is 0.236 e. The molecule has 1 amide bonds. The maximum atomic E-state index is 12.0. The number of hydrogen-bond donors (Lipinski definition) is 0. The van der Waals surface area contributed by atoms with E-state index in [2.05, 4.69) is 15.9 Å². The van der Waals surface area contributed by atoms with Gasteiger partial charge in [-0.25, -0.2) is 0 Å². The molecule has 4 heteroatoms. The monoisotopic (exact) mass is 277 g/mol. The minimum absolute atomic E-state index is 0.0877. The Bertz CT molecular complexity index is 233. The van der Waals surface area contributed by atoms with Crippen molar-refractivity contribution in [1.82, 2.24) is 4.90 Å².